The van der Waals surface area contributed by atoms with Crippen LogP contribution in [0.3, 0.4) is 0 Å². The van der Waals surface area contributed by atoms with E-state index in [9.17, 15) is 4.79 Å². The van der Waals surface area contributed by atoms with Gasteiger partial charge in [0.05, 0.1) is 6.20 Å². The molecule has 142 valence electrons. The standard InChI is InChI=1S/C20H31N5O/c1-14(2)24-9-5-15(6-10-24)20(26)25-12-16-3-4-18(17(16)13-25)23-19-11-21-7-8-22-19/h7-8,11,14-18H,3-6,9-10,12-13H2,1-2H3,(H,22,23)/t16-,17+,18+/m0/s1. The molecule has 0 unspecified atom stereocenters. The van der Waals surface area contributed by atoms with Crippen LogP contribution in [0.5, 0.6) is 0 Å². The summed E-state index contributed by atoms with van der Waals surface area (Å²) in [4.78, 5) is 26.2. The van der Waals surface area contributed by atoms with Crippen LogP contribution < -0.4 is 5.32 Å². The number of fused-ring (bicyclic) bond motifs is 1. The van der Waals surface area contributed by atoms with Gasteiger partial charge in [-0.05, 0) is 58.5 Å². The molecule has 1 N–H and O–H groups in total. The van der Waals surface area contributed by atoms with Crippen molar-refractivity contribution in [3.05, 3.63) is 18.6 Å². The van der Waals surface area contributed by atoms with E-state index in [1.165, 1.54) is 12.8 Å². The molecule has 1 aromatic heterocycles. The van der Waals surface area contributed by atoms with Gasteiger partial charge >= 0.3 is 0 Å². The molecule has 4 rings (SSSR count). The van der Waals surface area contributed by atoms with E-state index < -0.39 is 0 Å². The number of aromatic nitrogens is 2. The Hall–Kier alpha value is -1.69. The smallest absolute Gasteiger partial charge is 0.225 e. The second kappa shape index (κ2) is 7.51. The minimum Gasteiger partial charge on any atom is -0.366 e. The Morgan fingerprint density at radius 1 is 1.15 bits per heavy atom. The lowest BCUT2D eigenvalue weighted by atomic mass is 9.94. The Morgan fingerprint density at radius 2 is 1.96 bits per heavy atom. The van der Waals surface area contributed by atoms with Crippen molar-refractivity contribution in [1.82, 2.24) is 19.8 Å². The summed E-state index contributed by atoms with van der Waals surface area (Å²) in [6.07, 6.45) is 9.62. The molecule has 3 aliphatic rings. The van der Waals surface area contributed by atoms with Gasteiger partial charge in [-0.1, -0.05) is 0 Å². The van der Waals surface area contributed by atoms with E-state index in [1.807, 2.05) is 0 Å². The molecule has 3 atom stereocenters. The molecule has 2 aliphatic heterocycles. The van der Waals surface area contributed by atoms with E-state index in [0.29, 0.717) is 29.8 Å². The summed E-state index contributed by atoms with van der Waals surface area (Å²) < 4.78 is 0. The zero-order valence-electron chi connectivity index (χ0n) is 16.0. The lowest BCUT2D eigenvalue weighted by Gasteiger charge is -2.35. The molecule has 2 saturated heterocycles. The van der Waals surface area contributed by atoms with Crippen molar-refractivity contribution in [2.24, 2.45) is 17.8 Å². The topological polar surface area (TPSA) is 61.4 Å². The minimum absolute atomic E-state index is 0.232. The third kappa shape index (κ3) is 3.56. The molecule has 0 bridgehead atoms. The average Bonchev–Trinajstić information content (AvgIpc) is 3.24. The van der Waals surface area contributed by atoms with Crippen molar-refractivity contribution in [3.8, 4) is 0 Å². The zero-order chi connectivity index (χ0) is 18.1. The van der Waals surface area contributed by atoms with Gasteiger partial charge in [0.1, 0.15) is 5.82 Å². The van der Waals surface area contributed by atoms with Gasteiger partial charge in [-0.25, -0.2) is 4.98 Å². The number of nitrogens with one attached hydrogen (secondary N) is 1. The number of nitrogens with zero attached hydrogens (tertiary/aromatic N) is 4. The van der Waals surface area contributed by atoms with Crippen LogP contribution in [0.1, 0.15) is 39.5 Å². The van der Waals surface area contributed by atoms with Crippen molar-refractivity contribution in [1.29, 1.82) is 0 Å². The van der Waals surface area contributed by atoms with Crippen molar-refractivity contribution in [2.75, 3.05) is 31.5 Å². The van der Waals surface area contributed by atoms with E-state index in [2.05, 4.69) is 38.9 Å². The number of piperidine rings is 1. The maximum absolute atomic E-state index is 13.0. The molecule has 1 amide bonds. The predicted molar refractivity (Wildman–Crippen MR) is 102 cm³/mol. The van der Waals surface area contributed by atoms with Crippen LogP contribution in [0.15, 0.2) is 18.6 Å². The maximum Gasteiger partial charge on any atom is 0.225 e. The molecule has 26 heavy (non-hydrogen) atoms. The van der Waals surface area contributed by atoms with E-state index in [1.54, 1.807) is 18.6 Å². The number of likely N-dealkylation sites (tertiary alicyclic amines) is 2. The summed E-state index contributed by atoms with van der Waals surface area (Å²) in [5.74, 6) is 2.68. The molecule has 3 fully saturated rings. The Kier molecular flexibility index (Phi) is 5.11. The van der Waals surface area contributed by atoms with Gasteiger partial charge < -0.3 is 15.1 Å². The van der Waals surface area contributed by atoms with Crippen molar-refractivity contribution in [3.63, 3.8) is 0 Å². The van der Waals surface area contributed by atoms with E-state index >= 15 is 0 Å². The van der Waals surface area contributed by atoms with Gasteiger partial charge in [-0.2, -0.15) is 0 Å². The summed E-state index contributed by atoms with van der Waals surface area (Å²) in [5.41, 5.74) is 0. The molecule has 1 aromatic rings. The second-order valence-corrected chi connectivity index (χ2v) is 8.49. The van der Waals surface area contributed by atoms with E-state index in [-0.39, 0.29) is 5.92 Å². The van der Waals surface area contributed by atoms with Crippen molar-refractivity contribution in [2.45, 2.75) is 51.6 Å². The fourth-order valence-electron chi connectivity index (χ4n) is 5.11. The lowest BCUT2D eigenvalue weighted by molar-refractivity contribution is -0.136. The number of carbonyl (C=O) groups is 1. The fourth-order valence-corrected chi connectivity index (χ4v) is 5.11. The molecule has 6 heteroatoms. The molecular weight excluding hydrogens is 326 g/mol. The molecule has 6 nitrogen and oxygen atoms in total. The summed E-state index contributed by atoms with van der Waals surface area (Å²) in [6, 6.07) is 1.00. The zero-order valence-corrected chi connectivity index (χ0v) is 16.0. The van der Waals surface area contributed by atoms with Gasteiger partial charge in [-0.15, -0.1) is 0 Å². The highest BCUT2D eigenvalue weighted by Crippen LogP contribution is 2.40. The number of rotatable bonds is 4. The normalized spacial score (nSPS) is 30.0. The molecule has 1 saturated carbocycles. The van der Waals surface area contributed by atoms with Gasteiger partial charge in [-0.3, -0.25) is 9.78 Å². The molecule has 3 heterocycles. The Balaban J connectivity index is 1.33. The summed E-state index contributed by atoms with van der Waals surface area (Å²) in [6.45, 7) is 8.47. The third-order valence-corrected chi connectivity index (χ3v) is 6.67. The van der Waals surface area contributed by atoms with E-state index in [4.69, 9.17) is 0 Å². The van der Waals surface area contributed by atoms with Gasteiger partial charge in [0.15, 0.2) is 0 Å². The first kappa shape index (κ1) is 17.7. The number of anilines is 1. The first-order valence-electron chi connectivity index (χ1n) is 10.2. The van der Waals surface area contributed by atoms with Crippen LogP contribution in [0.4, 0.5) is 5.82 Å². The van der Waals surface area contributed by atoms with Crippen LogP contribution in [-0.2, 0) is 4.79 Å². The van der Waals surface area contributed by atoms with E-state index in [0.717, 1.165) is 44.8 Å². The van der Waals surface area contributed by atoms with Crippen LogP contribution in [-0.4, -0.2) is 63.9 Å². The number of hydrogen-bond acceptors (Lipinski definition) is 5. The Morgan fingerprint density at radius 3 is 2.65 bits per heavy atom. The summed E-state index contributed by atoms with van der Waals surface area (Å²) >= 11 is 0. The number of amides is 1. The Labute approximate surface area is 156 Å². The molecular formula is C20H31N5O. The maximum atomic E-state index is 13.0. The largest absolute Gasteiger partial charge is 0.366 e. The first-order chi connectivity index (χ1) is 12.6. The van der Waals surface area contributed by atoms with Crippen LogP contribution in [0.25, 0.3) is 0 Å². The predicted octanol–water partition coefficient (Wildman–Crippen LogP) is 2.25. The molecule has 0 aromatic carbocycles. The van der Waals surface area contributed by atoms with Gasteiger partial charge in [0, 0.05) is 49.4 Å². The van der Waals surface area contributed by atoms with Crippen LogP contribution in [0.2, 0.25) is 0 Å². The minimum atomic E-state index is 0.232. The van der Waals surface area contributed by atoms with Crippen molar-refractivity contribution >= 4 is 11.7 Å². The quantitative estimate of drug-likeness (QED) is 0.895. The van der Waals surface area contributed by atoms with Crippen molar-refractivity contribution < 1.29 is 4.79 Å². The highest BCUT2D eigenvalue weighted by Gasteiger charge is 2.45. The summed E-state index contributed by atoms with van der Waals surface area (Å²) in [5, 5.41) is 3.55. The van der Waals surface area contributed by atoms with Gasteiger partial charge in [0.25, 0.3) is 0 Å². The first-order valence-corrected chi connectivity index (χ1v) is 10.2. The highest BCUT2D eigenvalue weighted by molar-refractivity contribution is 5.79. The molecule has 0 spiro atoms. The number of carbonyl (C=O) groups excluding carboxylic acids is 1. The van der Waals surface area contributed by atoms with Crippen LogP contribution in [0, 0.1) is 17.8 Å². The SMILES string of the molecule is CC(C)N1CCC(C(=O)N2C[C@@H]3CC[C@@H](Nc4cnccn4)[C@@H]3C2)CC1. The highest BCUT2D eigenvalue weighted by atomic mass is 16.2. The second-order valence-electron chi connectivity index (χ2n) is 8.49. The van der Waals surface area contributed by atoms with Gasteiger partial charge in [0.2, 0.25) is 5.91 Å². The Bertz CT molecular complexity index is 614. The number of hydrogen-bond donors (Lipinski definition) is 1. The van der Waals surface area contributed by atoms with Crippen LogP contribution >= 0.6 is 0 Å². The summed E-state index contributed by atoms with van der Waals surface area (Å²) in [7, 11) is 0. The average molecular weight is 358 g/mol. The molecule has 0 radical (unpaired) electrons. The monoisotopic (exact) mass is 357 g/mol. The fraction of sp³-hybridized carbons (Fsp3) is 0.750. The third-order valence-electron chi connectivity index (χ3n) is 6.67. The lowest BCUT2D eigenvalue weighted by Crippen LogP contribution is -2.44. The molecule has 1 aliphatic carbocycles.